The minimum Gasteiger partial charge on any atom is -0.481 e. The van der Waals surface area contributed by atoms with Gasteiger partial charge >= 0.3 is 5.97 Å². The molecule has 2 fully saturated rings. The SMILES string of the molecule is CCCCCC1COC(C2CCC(C(=O)O)CC2)OC1C. The molecule has 1 saturated carbocycles. The zero-order valence-corrected chi connectivity index (χ0v) is 13.4. The summed E-state index contributed by atoms with van der Waals surface area (Å²) < 4.78 is 12.1. The van der Waals surface area contributed by atoms with Crippen LogP contribution in [0.1, 0.15) is 65.2 Å². The van der Waals surface area contributed by atoms with Crippen LogP contribution < -0.4 is 0 Å². The summed E-state index contributed by atoms with van der Waals surface area (Å²) >= 11 is 0. The largest absolute Gasteiger partial charge is 0.481 e. The van der Waals surface area contributed by atoms with Crippen LogP contribution in [0.3, 0.4) is 0 Å². The van der Waals surface area contributed by atoms with Crippen LogP contribution >= 0.6 is 0 Å². The first kappa shape index (κ1) is 16.8. The lowest BCUT2D eigenvalue weighted by molar-refractivity contribution is -0.257. The second kappa shape index (κ2) is 8.14. The van der Waals surface area contributed by atoms with Gasteiger partial charge in [0.1, 0.15) is 0 Å². The van der Waals surface area contributed by atoms with E-state index in [1.165, 1.54) is 25.7 Å². The van der Waals surface area contributed by atoms with Crippen LogP contribution in [0.5, 0.6) is 0 Å². The zero-order chi connectivity index (χ0) is 15.2. The fourth-order valence-corrected chi connectivity index (χ4v) is 3.58. The molecule has 0 aromatic carbocycles. The Bertz CT molecular complexity index is 323. The van der Waals surface area contributed by atoms with Crippen molar-refractivity contribution < 1.29 is 19.4 Å². The molecule has 3 atom stereocenters. The maximum atomic E-state index is 11.0. The molecule has 3 unspecified atom stereocenters. The second-order valence-corrected chi connectivity index (χ2v) is 6.75. The van der Waals surface area contributed by atoms with Gasteiger partial charge in [0, 0.05) is 11.8 Å². The first-order valence-corrected chi connectivity index (χ1v) is 8.61. The van der Waals surface area contributed by atoms with Crippen LogP contribution in [-0.4, -0.2) is 30.1 Å². The van der Waals surface area contributed by atoms with Crippen molar-refractivity contribution in [1.29, 1.82) is 0 Å². The quantitative estimate of drug-likeness (QED) is 0.757. The van der Waals surface area contributed by atoms with E-state index in [0.717, 1.165) is 32.3 Å². The van der Waals surface area contributed by atoms with E-state index in [9.17, 15) is 4.79 Å². The van der Waals surface area contributed by atoms with E-state index in [4.69, 9.17) is 14.6 Å². The van der Waals surface area contributed by atoms with Crippen molar-refractivity contribution in [1.82, 2.24) is 0 Å². The molecule has 4 heteroatoms. The summed E-state index contributed by atoms with van der Waals surface area (Å²) in [4.78, 5) is 11.0. The van der Waals surface area contributed by atoms with E-state index in [1.54, 1.807) is 0 Å². The van der Waals surface area contributed by atoms with Gasteiger partial charge in [0.2, 0.25) is 0 Å². The van der Waals surface area contributed by atoms with Gasteiger partial charge in [-0.3, -0.25) is 4.79 Å². The average Bonchev–Trinajstić information content (AvgIpc) is 2.49. The Morgan fingerprint density at radius 2 is 1.90 bits per heavy atom. The summed E-state index contributed by atoms with van der Waals surface area (Å²) in [6, 6.07) is 0. The van der Waals surface area contributed by atoms with Crippen molar-refractivity contribution in [2.24, 2.45) is 17.8 Å². The standard InChI is InChI=1S/C17H30O4/c1-3-4-5-6-15-11-20-17(21-12(15)2)14-9-7-13(8-10-14)16(18)19/h12-15,17H,3-11H2,1-2H3,(H,18,19). The minimum absolute atomic E-state index is 0.114. The molecule has 1 aliphatic heterocycles. The van der Waals surface area contributed by atoms with Crippen LogP contribution in [0.25, 0.3) is 0 Å². The summed E-state index contributed by atoms with van der Waals surface area (Å²) in [6.07, 6.45) is 8.47. The molecule has 0 amide bonds. The van der Waals surface area contributed by atoms with E-state index < -0.39 is 5.97 Å². The van der Waals surface area contributed by atoms with Gasteiger partial charge in [0.15, 0.2) is 6.29 Å². The van der Waals surface area contributed by atoms with Gasteiger partial charge in [0.05, 0.1) is 18.6 Å². The number of carboxylic acids is 1. The minimum atomic E-state index is -0.650. The Labute approximate surface area is 128 Å². The van der Waals surface area contributed by atoms with Crippen molar-refractivity contribution in [2.75, 3.05) is 6.61 Å². The van der Waals surface area contributed by atoms with Gasteiger partial charge in [-0.15, -0.1) is 0 Å². The van der Waals surface area contributed by atoms with Gasteiger partial charge in [-0.1, -0.05) is 26.2 Å². The molecule has 122 valence electrons. The number of rotatable bonds is 6. The van der Waals surface area contributed by atoms with Crippen LogP contribution in [-0.2, 0) is 14.3 Å². The molecule has 0 aromatic rings. The molecule has 0 aromatic heterocycles. The Morgan fingerprint density at radius 3 is 2.48 bits per heavy atom. The fourth-order valence-electron chi connectivity index (χ4n) is 3.58. The maximum absolute atomic E-state index is 11.0. The summed E-state index contributed by atoms with van der Waals surface area (Å²) in [5, 5.41) is 9.05. The molecule has 2 aliphatic rings. The summed E-state index contributed by atoms with van der Waals surface area (Å²) in [5.41, 5.74) is 0. The number of ether oxygens (including phenoxy) is 2. The van der Waals surface area contributed by atoms with E-state index in [0.29, 0.717) is 11.8 Å². The summed E-state index contributed by atoms with van der Waals surface area (Å²) in [7, 11) is 0. The first-order chi connectivity index (χ1) is 10.1. The third-order valence-corrected chi connectivity index (χ3v) is 5.17. The third kappa shape index (κ3) is 4.68. The monoisotopic (exact) mass is 298 g/mol. The normalized spacial score (nSPS) is 37.3. The number of hydrogen-bond donors (Lipinski definition) is 1. The zero-order valence-electron chi connectivity index (χ0n) is 13.4. The Morgan fingerprint density at radius 1 is 1.19 bits per heavy atom. The Kier molecular flexibility index (Phi) is 6.49. The average molecular weight is 298 g/mol. The maximum Gasteiger partial charge on any atom is 0.306 e. The molecule has 1 heterocycles. The van der Waals surface area contributed by atoms with Crippen LogP contribution in [0, 0.1) is 17.8 Å². The lowest BCUT2D eigenvalue weighted by atomic mass is 9.81. The van der Waals surface area contributed by atoms with Gasteiger partial charge < -0.3 is 14.6 Å². The predicted molar refractivity (Wildman–Crippen MR) is 81.0 cm³/mol. The number of aliphatic carboxylic acids is 1. The molecule has 21 heavy (non-hydrogen) atoms. The molecule has 1 saturated heterocycles. The number of unbranched alkanes of at least 4 members (excludes halogenated alkanes) is 2. The van der Waals surface area contributed by atoms with Crippen LogP contribution in [0.4, 0.5) is 0 Å². The van der Waals surface area contributed by atoms with Crippen LogP contribution in [0.15, 0.2) is 0 Å². The molecule has 1 aliphatic carbocycles. The molecule has 2 rings (SSSR count). The second-order valence-electron chi connectivity index (χ2n) is 6.75. The van der Waals surface area contributed by atoms with E-state index >= 15 is 0 Å². The van der Waals surface area contributed by atoms with Gasteiger partial charge in [-0.2, -0.15) is 0 Å². The highest BCUT2D eigenvalue weighted by molar-refractivity contribution is 5.69. The summed E-state index contributed by atoms with van der Waals surface area (Å²) in [6.45, 7) is 5.18. The molecule has 0 spiro atoms. The van der Waals surface area contributed by atoms with Crippen molar-refractivity contribution in [2.45, 2.75) is 77.6 Å². The topological polar surface area (TPSA) is 55.8 Å². The van der Waals surface area contributed by atoms with Crippen molar-refractivity contribution >= 4 is 5.97 Å². The van der Waals surface area contributed by atoms with Crippen molar-refractivity contribution in [3.8, 4) is 0 Å². The smallest absolute Gasteiger partial charge is 0.306 e. The molecule has 0 bridgehead atoms. The van der Waals surface area contributed by atoms with E-state index in [1.807, 2.05) is 0 Å². The summed E-state index contributed by atoms with van der Waals surface area (Å²) in [5.74, 6) is 0.0788. The first-order valence-electron chi connectivity index (χ1n) is 8.61. The van der Waals surface area contributed by atoms with E-state index in [-0.39, 0.29) is 18.3 Å². The van der Waals surface area contributed by atoms with Crippen LogP contribution in [0.2, 0.25) is 0 Å². The molecular formula is C17H30O4. The fraction of sp³-hybridized carbons (Fsp3) is 0.941. The lowest BCUT2D eigenvalue weighted by Gasteiger charge is -2.40. The molecular weight excluding hydrogens is 268 g/mol. The number of carboxylic acid groups (broad SMARTS) is 1. The van der Waals surface area contributed by atoms with E-state index in [2.05, 4.69) is 13.8 Å². The molecule has 1 N–H and O–H groups in total. The van der Waals surface area contributed by atoms with Crippen molar-refractivity contribution in [3.05, 3.63) is 0 Å². The van der Waals surface area contributed by atoms with Gasteiger partial charge in [-0.25, -0.2) is 0 Å². The van der Waals surface area contributed by atoms with Gasteiger partial charge in [-0.05, 0) is 39.0 Å². The number of hydrogen-bond acceptors (Lipinski definition) is 3. The highest BCUT2D eigenvalue weighted by atomic mass is 16.7. The predicted octanol–water partition coefficient (Wildman–Crippen LogP) is 3.84. The molecule has 0 radical (unpaired) electrons. The highest BCUT2D eigenvalue weighted by Crippen LogP contribution is 2.36. The highest BCUT2D eigenvalue weighted by Gasteiger charge is 2.36. The van der Waals surface area contributed by atoms with Gasteiger partial charge in [0.25, 0.3) is 0 Å². The Balaban J connectivity index is 1.74. The van der Waals surface area contributed by atoms with Crippen molar-refractivity contribution in [3.63, 3.8) is 0 Å². The lowest BCUT2D eigenvalue weighted by Crippen LogP contribution is -2.43. The Hall–Kier alpha value is -0.610. The molecule has 4 nitrogen and oxygen atoms in total. The third-order valence-electron chi connectivity index (χ3n) is 5.17. The number of carbonyl (C=O) groups is 1.